The van der Waals surface area contributed by atoms with Crippen LogP contribution in [0.2, 0.25) is 0 Å². The van der Waals surface area contributed by atoms with Crippen molar-refractivity contribution in [1.29, 1.82) is 0 Å². The number of aryl methyl sites for hydroxylation is 1. The summed E-state index contributed by atoms with van der Waals surface area (Å²) in [7, 11) is 5.35. The van der Waals surface area contributed by atoms with Crippen molar-refractivity contribution in [3.8, 4) is 5.75 Å². The molecule has 1 fully saturated rings. The van der Waals surface area contributed by atoms with E-state index in [0.717, 1.165) is 34.9 Å². The second-order valence-corrected chi connectivity index (χ2v) is 8.25. The summed E-state index contributed by atoms with van der Waals surface area (Å²) in [5, 5.41) is 7.86. The highest BCUT2D eigenvalue weighted by Gasteiger charge is 2.31. The molecular formula is C22H32N6O2. The van der Waals surface area contributed by atoms with Crippen LogP contribution in [0.15, 0.2) is 12.3 Å². The van der Waals surface area contributed by atoms with Crippen LogP contribution in [0.25, 0.3) is 0 Å². The first-order chi connectivity index (χ1) is 14.5. The number of anilines is 2. The highest BCUT2D eigenvalue weighted by molar-refractivity contribution is 5.75. The molecule has 162 valence electrons. The molecule has 0 saturated heterocycles. The first-order valence-corrected chi connectivity index (χ1v) is 10.8. The van der Waals surface area contributed by atoms with Gasteiger partial charge in [-0.2, -0.15) is 5.10 Å². The van der Waals surface area contributed by atoms with Gasteiger partial charge in [-0.05, 0) is 19.8 Å². The molecule has 0 atom stereocenters. The van der Waals surface area contributed by atoms with Crippen LogP contribution in [-0.2, 0) is 13.0 Å². The molecule has 8 heteroatoms. The first-order valence-electron chi connectivity index (χ1n) is 10.8. The molecule has 0 spiro atoms. The zero-order valence-corrected chi connectivity index (χ0v) is 18.4. The molecule has 2 aliphatic rings. The number of carbonyl (C=O) groups is 1. The van der Waals surface area contributed by atoms with Gasteiger partial charge in [0, 0.05) is 44.4 Å². The molecule has 4 rings (SSSR count). The number of nitrogens with zero attached hydrogens (tertiary/aromatic N) is 5. The first kappa shape index (κ1) is 20.5. The average Bonchev–Trinajstić information content (AvgIpc) is 3.17. The van der Waals surface area contributed by atoms with Crippen molar-refractivity contribution >= 4 is 17.5 Å². The molecule has 1 aliphatic heterocycles. The number of hydrogen-bond acceptors (Lipinski definition) is 5. The second kappa shape index (κ2) is 8.53. The number of ether oxygens (including phenoxy) is 1. The highest BCUT2D eigenvalue weighted by atomic mass is 16.5. The molecule has 0 bridgehead atoms. The van der Waals surface area contributed by atoms with Gasteiger partial charge in [0.1, 0.15) is 5.75 Å². The van der Waals surface area contributed by atoms with Gasteiger partial charge in [-0.25, -0.2) is 4.79 Å². The Morgan fingerprint density at radius 3 is 2.77 bits per heavy atom. The van der Waals surface area contributed by atoms with Gasteiger partial charge < -0.3 is 19.9 Å². The minimum atomic E-state index is -0.0432. The summed E-state index contributed by atoms with van der Waals surface area (Å²) < 4.78 is 7.74. The van der Waals surface area contributed by atoms with E-state index in [0.29, 0.717) is 19.1 Å². The molecule has 0 radical (unpaired) electrons. The number of carbonyl (C=O) groups excluding carboxylic acids is 1. The van der Waals surface area contributed by atoms with Crippen LogP contribution in [-0.4, -0.2) is 53.4 Å². The smallest absolute Gasteiger partial charge is 0.317 e. The van der Waals surface area contributed by atoms with E-state index in [4.69, 9.17) is 9.84 Å². The normalized spacial score (nSPS) is 16.9. The van der Waals surface area contributed by atoms with Crippen molar-refractivity contribution in [3.63, 3.8) is 0 Å². The predicted octanol–water partition coefficient (Wildman–Crippen LogP) is 3.57. The highest BCUT2D eigenvalue weighted by Crippen LogP contribution is 2.37. The van der Waals surface area contributed by atoms with Crippen molar-refractivity contribution in [2.45, 2.75) is 58.0 Å². The Kier molecular flexibility index (Phi) is 5.83. The van der Waals surface area contributed by atoms with Gasteiger partial charge in [-0.1, -0.05) is 19.3 Å². The third-order valence-corrected chi connectivity index (χ3v) is 6.44. The fourth-order valence-corrected chi connectivity index (χ4v) is 4.67. The third kappa shape index (κ3) is 3.70. The van der Waals surface area contributed by atoms with Gasteiger partial charge in [0.05, 0.1) is 37.3 Å². The van der Waals surface area contributed by atoms with Crippen LogP contribution in [0.1, 0.15) is 55.1 Å². The van der Waals surface area contributed by atoms with Crippen molar-refractivity contribution in [2.24, 2.45) is 0 Å². The fourth-order valence-electron chi connectivity index (χ4n) is 4.67. The molecule has 1 saturated carbocycles. The number of nitrogens with one attached hydrogen (secondary N) is 1. The van der Waals surface area contributed by atoms with Crippen molar-refractivity contribution in [2.75, 3.05) is 32.6 Å². The monoisotopic (exact) mass is 412 g/mol. The largest absolute Gasteiger partial charge is 0.495 e. The number of amides is 2. The SMILES string of the molecule is CNC(=O)N1CCc2c(c(N(C)c3cnc(C)c(OC)c3)nn2C2CCCCC2)C1. The molecule has 0 aromatic carbocycles. The molecule has 2 aromatic heterocycles. The van der Waals surface area contributed by atoms with Crippen LogP contribution < -0.4 is 15.0 Å². The third-order valence-electron chi connectivity index (χ3n) is 6.44. The van der Waals surface area contributed by atoms with Crippen LogP contribution in [0.5, 0.6) is 5.75 Å². The van der Waals surface area contributed by atoms with Crippen LogP contribution in [0, 0.1) is 6.92 Å². The summed E-state index contributed by atoms with van der Waals surface area (Å²) in [5.41, 5.74) is 4.19. The molecule has 8 nitrogen and oxygen atoms in total. The summed E-state index contributed by atoms with van der Waals surface area (Å²) in [6.45, 7) is 3.22. The zero-order chi connectivity index (χ0) is 21.3. The number of fused-ring (bicyclic) bond motifs is 1. The van der Waals surface area contributed by atoms with Crippen molar-refractivity contribution < 1.29 is 9.53 Å². The number of rotatable bonds is 4. The number of methoxy groups -OCH3 is 1. The zero-order valence-electron chi connectivity index (χ0n) is 18.4. The van der Waals surface area contributed by atoms with Gasteiger partial charge in [-0.15, -0.1) is 0 Å². The number of pyridine rings is 1. The average molecular weight is 413 g/mol. The molecule has 2 aromatic rings. The Balaban J connectivity index is 1.74. The fraction of sp³-hybridized carbons (Fsp3) is 0.591. The van der Waals surface area contributed by atoms with Crippen molar-refractivity contribution in [3.05, 3.63) is 29.2 Å². The number of aromatic nitrogens is 3. The van der Waals surface area contributed by atoms with Crippen LogP contribution >= 0.6 is 0 Å². The van der Waals surface area contributed by atoms with E-state index in [1.807, 2.05) is 31.1 Å². The second-order valence-electron chi connectivity index (χ2n) is 8.25. The van der Waals surface area contributed by atoms with Gasteiger partial charge in [0.25, 0.3) is 0 Å². The summed E-state index contributed by atoms with van der Waals surface area (Å²) in [6.07, 6.45) is 8.86. The minimum Gasteiger partial charge on any atom is -0.495 e. The quantitative estimate of drug-likeness (QED) is 0.831. The van der Waals surface area contributed by atoms with E-state index in [1.165, 1.54) is 37.8 Å². The maximum atomic E-state index is 12.3. The molecule has 1 aliphatic carbocycles. The Hall–Kier alpha value is -2.77. The number of hydrogen-bond donors (Lipinski definition) is 1. The molecule has 2 amide bonds. The molecule has 3 heterocycles. The van der Waals surface area contributed by atoms with Gasteiger partial charge >= 0.3 is 6.03 Å². The Labute approximate surface area is 178 Å². The summed E-state index contributed by atoms with van der Waals surface area (Å²) in [6, 6.07) is 2.40. The lowest BCUT2D eigenvalue weighted by molar-refractivity contribution is 0.193. The topological polar surface area (TPSA) is 75.5 Å². The Morgan fingerprint density at radius 1 is 1.30 bits per heavy atom. The van der Waals surface area contributed by atoms with Crippen LogP contribution in [0.3, 0.4) is 0 Å². The lowest BCUT2D eigenvalue weighted by Gasteiger charge is -2.30. The minimum absolute atomic E-state index is 0.0432. The van der Waals surface area contributed by atoms with E-state index < -0.39 is 0 Å². The lowest BCUT2D eigenvalue weighted by atomic mass is 9.95. The van der Waals surface area contributed by atoms with E-state index in [2.05, 4.69) is 19.9 Å². The molecule has 0 unspecified atom stereocenters. The summed E-state index contributed by atoms with van der Waals surface area (Å²) >= 11 is 0. The van der Waals surface area contributed by atoms with E-state index >= 15 is 0 Å². The maximum absolute atomic E-state index is 12.3. The van der Waals surface area contributed by atoms with E-state index in [-0.39, 0.29) is 6.03 Å². The van der Waals surface area contributed by atoms with E-state index in [1.54, 1.807) is 14.2 Å². The molecular weight excluding hydrogens is 380 g/mol. The van der Waals surface area contributed by atoms with Crippen LogP contribution in [0.4, 0.5) is 16.3 Å². The Morgan fingerprint density at radius 2 is 2.07 bits per heavy atom. The lowest BCUT2D eigenvalue weighted by Crippen LogP contribution is -2.41. The maximum Gasteiger partial charge on any atom is 0.317 e. The predicted molar refractivity (Wildman–Crippen MR) is 117 cm³/mol. The van der Waals surface area contributed by atoms with Gasteiger partial charge in [0.15, 0.2) is 5.82 Å². The standard InChI is InChI=1S/C22H32N6O2/c1-15-20(30-4)12-17(13-24-15)26(3)21-18-14-27(22(29)23-2)11-10-19(18)28(25-21)16-8-6-5-7-9-16/h12-13,16H,5-11,14H2,1-4H3,(H,23,29). The van der Waals surface area contributed by atoms with Gasteiger partial charge in [0.2, 0.25) is 0 Å². The van der Waals surface area contributed by atoms with E-state index in [9.17, 15) is 4.79 Å². The Bertz CT molecular complexity index is 919. The molecule has 1 N–H and O–H groups in total. The summed E-state index contributed by atoms with van der Waals surface area (Å²) in [4.78, 5) is 20.7. The summed E-state index contributed by atoms with van der Waals surface area (Å²) in [5.74, 6) is 1.66. The molecule has 30 heavy (non-hydrogen) atoms. The van der Waals surface area contributed by atoms with Gasteiger partial charge in [-0.3, -0.25) is 9.67 Å². The number of urea groups is 1. The van der Waals surface area contributed by atoms with Crippen molar-refractivity contribution in [1.82, 2.24) is 25.0 Å².